The predicted molar refractivity (Wildman–Crippen MR) is 151 cm³/mol. The van der Waals surface area contributed by atoms with Gasteiger partial charge < -0.3 is 0 Å². The highest BCUT2D eigenvalue weighted by Crippen LogP contribution is 2.62. The number of hydrogen-bond acceptors (Lipinski definition) is 1. The normalized spacial score (nSPS) is 18.7. The molecule has 0 fully saturated rings. The highest BCUT2D eigenvalue weighted by Gasteiger charge is 2.56. The molecule has 2 nitrogen and oxygen atoms in total. The van der Waals surface area contributed by atoms with Gasteiger partial charge in [0.05, 0.1) is 16.6 Å². The Labute approximate surface area is 209 Å². The highest BCUT2D eigenvalue weighted by molar-refractivity contribution is 6.14. The summed E-state index contributed by atoms with van der Waals surface area (Å²) in [6, 6.07) is 20.7. The summed E-state index contributed by atoms with van der Waals surface area (Å²) in [5.41, 5.74) is 9.46. The lowest BCUT2D eigenvalue weighted by molar-refractivity contribution is 0.125. The predicted octanol–water partition coefficient (Wildman–Crippen LogP) is 8.98. The molecule has 1 aliphatic rings. The molecule has 0 atom stereocenters. The molecule has 5 aromatic rings. The lowest BCUT2D eigenvalue weighted by atomic mass is 9.59. The Balaban J connectivity index is 1.76. The van der Waals surface area contributed by atoms with Gasteiger partial charge in [0.1, 0.15) is 5.65 Å². The topological polar surface area (TPSA) is 17.3 Å². The molecule has 0 spiro atoms. The minimum atomic E-state index is 0.0662. The van der Waals surface area contributed by atoms with Gasteiger partial charge in [0.2, 0.25) is 0 Å². The van der Waals surface area contributed by atoms with E-state index in [1.54, 1.807) is 0 Å². The van der Waals surface area contributed by atoms with Crippen LogP contribution in [0.2, 0.25) is 0 Å². The molecule has 0 aliphatic heterocycles. The van der Waals surface area contributed by atoms with Crippen LogP contribution in [0.15, 0.2) is 54.6 Å². The van der Waals surface area contributed by atoms with Crippen LogP contribution >= 0.6 is 0 Å². The lowest BCUT2D eigenvalue weighted by Gasteiger charge is -2.44. The number of hydrogen-bond donors (Lipinski definition) is 0. The van der Waals surface area contributed by atoms with Crippen molar-refractivity contribution in [1.82, 2.24) is 9.38 Å². The van der Waals surface area contributed by atoms with Crippen LogP contribution in [-0.4, -0.2) is 9.38 Å². The standard InChI is InChI=1S/C33H38N2/c1-30(2,3)19-20-14-15-27-23(16-20)21-12-10-11-13-22(21)29-34-26-17-24-25(18-28(26)35(27)29)32(6,7)33(8,9)31(24,4)5/h10-18H,19H2,1-9H3. The largest absolute Gasteiger partial charge is 0.292 e. The lowest BCUT2D eigenvalue weighted by Crippen LogP contribution is -2.42. The number of fused-ring (bicyclic) bond motifs is 9. The van der Waals surface area contributed by atoms with Gasteiger partial charge in [-0.15, -0.1) is 0 Å². The van der Waals surface area contributed by atoms with Gasteiger partial charge in [-0.2, -0.15) is 0 Å². The van der Waals surface area contributed by atoms with Gasteiger partial charge >= 0.3 is 0 Å². The molecule has 1 aliphatic carbocycles. The molecule has 0 radical (unpaired) electrons. The number of rotatable bonds is 1. The molecule has 0 amide bonds. The Morgan fingerprint density at radius 3 is 2.00 bits per heavy atom. The van der Waals surface area contributed by atoms with E-state index in [1.807, 2.05) is 0 Å². The first-order chi connectivity index (χ1) is 16.2. The second kappa shape index (κ2) is 6.66. The van der Waals surface area contributed by atoms with Crippen LogP contribution in [0.1, 0.15) is 79.0 Å². The fourth-order valence-electron chi connectivity index (χ4n) is 6.67. The summed E-state index contributed by atoms with van der Waals surface area (Å²) in [4.78, 5) is 5.28. The third kappa shape index (κ3) is 2.86. The number of benzene rings is 3. The van der Waals surface area contributed by atoms with Crippen molar-refractivity contribution in [2.45, 2.75) is 79.6 Å². The molecule has 0 bridgehead atoms. The summed E-state index contributed by atoms with van der Waals surface area (Å²) in [6.07, 6.45) is 1.06. The maximum atomic E-state index is 5.28. The number of imidazole rings is 1. The average Bonchev–Trinajstić information content (AvgIpc) is 3.19. The molecular formula is C33H38N2. The van der Waals surface area contributed by atoms with Crippen molar-refractivity contribution < 1.29 is 0 Å². The van der Waals surface area contributed by atoms with Crippen LogP contribution in [0.5, 0.6) is 0 Å². The van der Waals surface area contributed by atoms with E-state index in [2.05, 4.69) is 121 Å². The van der Waals surface area contributed by atoms with Gasteiger partial charge in [-0.1, -0.05) is 92.6 Å². The first-order valence-corrected chi connectivity index (χ1v) is 13.0. The Morgan fingerprint density at radius 2 is 1.34 bits per heavy atom. The van der Waals surface area contributed by atoms with Crippen LogP contribution in [-0.2, 0) is 17.3 Å². The monoisotopic (exact) mass is 462 g/mol. The third-order valence-corrected chi connectivity index (χ3v) is 9.76. The molecule has 0 unspecified atom stereocenters. The molecule has 6 rings (SSSR count). The van der Waals surface area contributed by atoms with E-state index in [9.17, 15) is 0 Å². The van der Waals surface area contributed by atoms with E-state index in [1.165, 1.54) is 43.9 Å². The van der Waals surface area contributed by atoms with Crippen LogP contribution in [0.3, 0.4) is 0 Å². The van der Waals surface area contributed by atoms with Crippen molar-refractivity contribution in [2.75, 3.05) is 0 Å². The van der Waals surface area contributed by atoms with Crippen LogP contribution in [0.4, 0.5) is 0 Å². The third-order valence-electron chi connectivity index (χ3n) is 9.76. The maximum Gasteiger partial charge on any atom is 0.146 e. The van der Waals surface area contributed by atoms with E-state index >= 15 is 0 Å². The van der Waals surface area contributed by atoms with Crippen molar-refractivity contribution >= 4 is 38.4 Å². The summed E-state index contributed by atoms with van der Waals surface area (Å²) in [5, 5.41) is 3.83. The molecule has 2 heteroatoms. The van der Waals surface area contributed by atoms with Gasteiger partial charge in [0.15, 0.2) is 0 Å². The van der Waals surface area contributed by atoms with E-state index in [-0.39, 0.29) is 21.7 Å². The van der Waals surface area contributed by atoms with Gasteiger partial charge in [-0.3, -0.25) is 4.40 Å². The van der Waals surface area contributed by atoms with E-state index in [0.29, 0.717) is 0 Å². The van der Waals surface area contributed by atoms with Crippen LogP contribution < -0.4 is 0 Å². The molecule has 2 heterocycles. The Morgan fingerprint density at radius 1 is 0.714 bits per heavy atom. The second-order valence-electron chi connectivity index (χ2n) is 13.7. The maximum absolute atomic E-state index is 5.28. The van der Waals surface area contributed by atoms with Crippen LogP contribution in [0, 0.1) is 10.8 Å². The highest BCUT2D eigenvalue weighted by atomic mass is 15.0. The van der Waals surface area contributed by atoms with Gasteiger partial charge in [-0.05, 0) is 74.4 Å². The van der Waals surface area contributed by atoms with Crippen molar-refractivity contribution in [2.24, 2.45) is 10.8 Å². The number of nitrogens with zero attached hydrogens (tertiary/aromatic N) is 2. The zero-order chi connectivity index (χ0) is 25.1. The summed E-state index contributed by atoms with van der Waals surface area (Å²) in [5.74, 6) is 0. The number of pyridine rings is 1. The first kappa shape index (κ1) is 22.6. The van der Waals surface area contributed by atoms with Crippen LogP contribution in [0.25, 0.3) is 38.4 Å². The minimum Gasteiger partial charge on any atom is -0.292 e. The Bertz CT molecular complexity index is 1670. The first-order valence-electron chi connectivity index (χ1n) is 13.0. The van der Waals surface area contributed by atoms with Crippen molar-refractivity contribution in [3.05, 3.63) is 71.3 Å². The zero-order valence-corrected chi connectivity index (χ0v) is 22.8. The molecule has 2 aromatic heterocycles. The molecule has 3 aromatic carbocycles. The molecule has 180 valence electrons. The quantitative estimate of drug-likeness (QED) is 0.227. The fourth-order valence-corrected chi connectivity index (χ4v) is 6.67. The smallest absolute Gasteiger partial charge is 0.146 e. The average molecular weight is 463 g/mol. The molecule has 0 N–H and O–H groups in total. The fraction of sp³-hybridized carbons (Fsp3) is 0.424. The Kier molecular flexibility index (Phi) is 4.30. The molecule has 0 saturated carbocycles. The molecule has 35 heavy (non-hydrogen) atoms. The summed E-state index contributed by atoms with van der Waals surface area (Å²) >= 11 is 0. The van der Waals surface area contributed by atoms with E-state index in [0.717, 1.165) is 17.6 Å². The van der Waals surface area contributed by atoms with Crippen molar-refractivity contribution in [1.29, 1.82) is 0 Å². The summed E-state index contributed by atoms with van der Waals surface area (Å²) < 4.78 is 2.42. The van der Waals surface area contributed by atoms with Crippen molar-refractivity contribution in [3.63, 3.8) is 0 Å². The van der Waals surface area contributed by atoms with Gasteiger partial charge in [-0.25, -0.2) is 4.98 Å². The Hall–Kier alpha value is -2.87. The van der Waals surface area contributed by atoms with Gasteiger partial charge in [0.25, 0.3) is 0 Å². The SMILES string of the molecule is CC(C)(C)Cc1ccc2c(c1)c1ccccc1c1nc3cc4c(cc3n21)C(C)(C)C(C)(C)C4(C)C. The van der Waals surface area contributed by atoms with Crippen molar-refractivity contribution in [3.8, 4) is 0 Å². The van der Waals surface area contributed by atoms with E-state index < -0.39 is 0 Å². The summed E-state index contributed by atoms with van der Waals surface area (Å²) in [6.45, 7) is 21.4. The molecule has 0 saturated heterocycles. The van der Waals surface area contributed by atoms with E-state index in [4.69, 9.17) is 4.98 Å². The number of aromatic nitrogens is 2. The second-order valence-corrected chi connectivity index (χ2v) is 13.7. The minimum absolute atomic E-state index is 0.0662. The van der Waals surface area contributed by atoms with Gasteiger partial charge in [0, 0.05) is 10.8 Å². The zero-order valence-electron chi connectivity index (χ0n) is 22.8. The summed E-state index contributed by atoms with van der Waals surface area (Å²) in [7, 11) is 0. The molecular weight excluding hydrogens is 424 g/mol.